The summed E-state index contributed by atoms with van der Waals surface area (Å²) >= 11 is 5.52. The first-order valence-electron chi connectivity index (χ1n) is 4.62. The minimum atomic E-state index is -2.96. The number of amides is 1. The normalized spacial score (nSPS) is 12.6. The standard InChI is InChI=1S/C10H9ClF3NO2/c11-8-5(2-1-3-6(8)12)10(17)15-4-7(16)9(13)14/h1-3,7,9,16H,4H2,(H,15,17). The van der Waals surface area contributed by atoms with Gasteiger partial charge in [-0.2, -0.15) is 0 Å². The zero-order valence-electron chi connectivity index (χ0n) is 8.46. The number of hydrogen-bond acceptors (Lipinski definition) is 2. The fourth-order valence-corrected chi connectivity index (χ4v) is 1.27. The van der Waals surface area contributed by atoms with E-state index < -0.39 is 35.8 Å². The summed E-state index contributed by atoms with van der Waals surface area (Å²) in [6.07, 6.45) is -4.93. The quantitative estimate of drug-likeness (QED) is 0.874. The Hall–Kier alpha value is -1.27. The van der Waals surface area contributed by atoms with E-state index in [1.165, 1.54) is 12.1 Å². The molecule has 1 aromatic carbocycles. The van der Waals surface area contributed by atoms with Crippen LogP contribution in [0.4, 0.5) is 13.2 Å². The molecule has 1 amide bonds. The number of halogens is 4. The molecule has 7 heteroatoms. The van der Waals surface area contributed by atoms with Gasteiger partial charge in [0.1, 0.15) is 11.9 Å². The highest BCUT2D eigenvalue weighted by Crippen LogP contribution is 2.19. The molecule has 1 rings (SSSR count). The molecule has 3 nitrogen and oxygen atoms in total. The molecule has 1 atom stereocenters. The van der Waals surface area contributed by atoms with Crippen LogP contribution in [0.2, 0.25) is 5.02 Å². The van der Waals surface area contributed by atoms with Gasteiger partial charge in [0.05, 0.1) is 10.6 Å². The van der Waals surface area contributed by atoms with Crippen LogP contribution < -0.4 is 5.32 Å². The Morgan fingerprint density at radius 1 is 1.47 bits per heavy atom. The Labute approximate surface area is 100 Å². The molecule has 0 aliphatic carbocycles. The molecule has 0 radical (unpaired) electrons. The number of nitrogens with one attached hydrogen (secondary N) is 1. The Balaban J connectivity index is 2.68. The SMILES string of the molecule is O=C(NCC(O)C(F)F)c1cccc(F)c1Cl. The lowest BCUT2D eigenvalue weighted by molar-refractivity contribution is -0.00270. The summed E-state index contributed by atoms with van der Waals surface area (Å²) in [7, 11) is 0. The summed E-state index contributed by atoms with van der Waals surface area (Å²) in [5.74, 6) is -1.61. The average molecular weight is 268 g/mol. The molecule has 0 aromatic heterocycles. The minimum Gasteiger partial charge on any atom is -0.385 e. The molecule has 0 bridgehead atoms. The highest BCUT2D eigenvalue weighted by molar-refractivity contribution is 6.34. The zero-order chi connectivity index (χ0) is 13.0. The van der Waals surface area contributed by atoms with E-state index in [0.29, 0.717) is 0 Å². The molecule has 0 aliphatic heterocycles. The summed E-state index contributed by atoms with van der Waals surface area (Å²) in [5.41, 5.74) is -0.173. The lowest BCUT2D eigenvalue weighted by Crippen LogP contribution is -2.36. The van der Waals surface area contributed by atoms with Crippen molar-refractivity contribution in [2.75, 3.05) is 6.54 Å². The number of alkyl halides is 2. The predicted molar refractivity (Wildman–Crippen MR) is 55.8 cm³/mol. The molecule has 0 aliphatic rings. The molecule has 94 valence electrons. The Morgan fingerprint density at radius 2 is 2.12 bits per heavy atom. The van der Waals surface area contributed by atoms with Crippen molar-refractivity contribution in [2.24, 2.45) is 0 Å². The van der Waals surface area contributed by atoms with E-state index in [2.05, 4.69) is 0 Å². The fraction of sp³-hybridized carbons (Fsp3) is 0.300. The molecule has 0 saturated carbocycles. The van der Waals surface area contributed by atoms with Gasteiger partial charge in [-0.05, 0) is 12.1 Å². The van der Waals surface area contributed by atoms with Crippen LogP contribution in [0.25, 0.3) is 0 Å². The molecule has 0 saturated heterocycles. The van der Waals surface area contributed by atoms with Crippen molar-refractivity contribution in [2.45, 2.75) is 12.5 Å². The topological polar surface area (TPSA) is 49.3 Å². The van der Waals surface area contributed by atoms with Crippen LogP contribution in [0.1, 0.15) is 10.4 Å². The highest BCUT2D eigenvalue weighted by atomic mass is 35.5. The van der Waals surface area contributed by atoms with Crippen molar-refractivity contribution < 1.29 is 23.1 Å². The van der Waals surface area contributed by atoms with Crippen LogP contribution in [-0.2, 0) is 0 Å². The average Bonchev–Trinajstić information content (AvgIpc) is 2.29. The Morgan fingerprint density at radius 3 is 2.71 bits per heavy atom. The van der Waals surface area contributed by atoms with E-state index in [4.69, 9.17) is 16.7 Å². The van der Waals surface area contributed by atoms with Crippen molar-refractivity contribution in [1.82, 2.24) is 5.32 Å². The lowest BCUT2D eigenvalue weighted by Gasteiger charge is -2.11. The van der Waals surface area contributed by atoms with Gasteiger partial charge in [0.25, 0.3) is 12.3 Å². The van der Waals surface area contributed by atoms with Gasteiger partial charge >= 0.3 is 0 Å². The molecule has 17 heavy (non-hydrogen) atoms. The third-order valence-electron chi connectivity index (χ3n) is 1.96. The molecular formula is C10H9ClF3NO2. The van der Waals surface area contributed by atoms with Crippen LogP contribution in [0.3, 0.4) is 0 Å². The maximum atomic E-state index is 13.0. The van der Waals surface area contributed by atoms with Crippen LogP contribution in [0.15, 0.2) is 18.2 Å². The third kappa shape index (κ3) is 3.61. The Kier molecular flexibility index (Phi) is 4.77. The summed E-state index contributed by atoms with van der Waals surface area (Å²) in [4.78, 5) is 11.4. The van der Waals surface area contributed by atoms with Crippen molar-refractivity contribution >= 4 is 17.5 Å². The number of hydrogen-bond donors (Lipinski definition) is 2. The first-order valence-corrected chi connectivity index (χ1v) is 4.99. The molecule has 0 fully saturated rings. The number of benzene rings is 1. The first kappa shape index (κ1) is 13.8. The van der Waals surface area contributed by atoms with E-state index >= 15 is 0 Å². The van der Waals surface area contributed by atoms with Crippen molar-refractivity contribution in [3.8, 4) is 0 Å². The number of carbonyl (C=O) groups is 1. The second-order valence-electron chi connectivity index (χ2n) is 3.21. The van der Waals surface area contributed by atoms with Crippen LogP contribution in [0.5, 0.6) is 0 Å². The number of carbonyl (C=O) groups excluding carboxylic acids is 1. The zero-order valence-corrected chi connectivity index (χ0v) is 9.22. The van der Waals surface area contributed by atoms with Crippen LogP contribution >= 0.6 is 11.6 Å². The van der Waals surface area contributed by atoms with Crippen LogP contribution in [0, 0.1) is 5.82 Å². The van der Waals surface area contributed by atoms with E-state index in [1.807, 2.05) is 5.32 Å². The Bertz CT molecular complexity index is 415. The van der Waals surface area contributed by atoms with E-state index in [0.717, 1.165) is 6.07 Å². The smallest absolute Gasteiger partial charge is 0.265 e. The highest BCUT2D eigenvalue weighted by Gasteiger charge is 2.19. The van der Waals surface area contributed by atoms with Gasteiger partial charge in [-0.15, -0.1) is 0 Å². The largest absolute Gasteiger partial charge is 0.385 e. The fourth-order valence-electron chi connectivity index (χ4n) is 1.06. The van der Waals surface area contributed by atoms with Gasteiger partial charge < -0.3 is 10.4 Å². The van der Waals surface area contributed by atoms with E-state index in [-0.39, 0.29) is 5.56 Å². The second kappa shape index (κ2) is 5.88. The van der Waals surface area contributed by atoms with Crippen molar-refractivity contribution in [1.29, 1.82) is 0 Å². The van der Waals surface area contributed by atoms with Crippen molar-refractivity contribution in [3.63, 3.8) is 0 Å². The molecule has 1 aromatic rings. The number of rotatable bonds is 4. The molecule has 0 heterocycles. The van der Waals surface area contributed by atoms with Gasteiger partial charge in [0.15, 0.2) is 0 Å². The maximum Gasteiger partial charge on any atom is 0.265 e. The van der Waals surface area contributed by atoms with Crippen LogP contribution in [-0.4, -0.2) is 30.1 Å². The van der Waals surface area contributed by atoms with Gasteiger partial charge in [0.2, 0.25) is 0 Å². The molecule has 0 spiro atoms. The molecular weight excluding hydrogens is 259 g/mol. The molecule has 1 unspecified atom stereocenters. The predicted octanol–water partition coefficient (Wildman–Crippen LogP) is 1.83. The van der Waals surface area contributed by atoms with Gasteiger partial charge in [-0.3, -0.25) is 4.79 Å². The van der Waals surface area contributed by atoms with Gasteiger partial charge in [-0.25, -0.2) is 13.2 Å². The number of aliphatic hydroxyl groups excluding tert-OH is 1. The first-order chi connectivity index (χ1) is 7.93. The summed E-state index contributed by atoms with van der Waals surface area (Å²) in [6.45, 7) is -0.636. The minimum absolute atomic E-state index is 0.173. The maximum absolute atomic E-state index is 13.0. The van der Waals surface area contributed by atoms with E-state index in [9.17, 15) is 18.0 Å². The second-order valence-corrected chi connectivity index (χ2v) is 3.59. The lowest BCUT2D eigenvalue weighted by atomic mass is 10.2. The summed E-state index contributed by atoms with van der Waals surface area (Å²) in [5, 5.41) is 10.4. The summed E-state index contributed by atoms with van der Waals surface area (Å²) in [6, 6.07) is 3.57. The van der Waals surface area contributed by atoms with E-state index in [1.54, 1.807) is 0 Å². The van der Waals surface area contributed by atoms with Crippen molar-refractivity contribution in [3.05, 3.63) is 34.6 Å². The third-order valence-corrected chi connectivity index (χ3v) is 2.34. The summed E-state index contributed by atoms with van der Waals surface area (Å²) < 4.78 is 36.9. The van der Waals surface area contributed by atoms with Gasteiger partial charge in [0, 0.05) is 6.54 Å². The molecule has 2 N–H and O–H groups in total. The number of aliphatic hydroxyl groups is 1. The van der Waals surface area contributed by atoms with Gasteiger partial charge in [-0.1, -0.05) is 17.7 Å². The monoisotopic (exact) mass is 267 g/mol.